The lowest BCUT2D eigenvalue weighted by Crippen LogP contribution is -2.11. The van der Waals surface area contributed by atoms with Crippen molar-refractivity contribution in [2.75, 3.05) is 5.73 Å². The molecule has 0 atom stereocenters. The molecule has 15 heavy (non-hydrogen) atoms. The SMILES string of the molecule is NC(=O)c1cc(-c2cccnc2)[nH]c1N. The van der Waals surface area contributed by atoms with Gasteiger partial charge in [-0.3, -0.25) is 9.78 Å². The van der Waals surface area contributed by atoms with E-state index in [4.69, 9.17) is 11.5 Å². The Bertz CT molecular complexity index is 489. The van der Waals surface area contributed by atoms with Gasteiger partial charge in [-0.15, -0.1) is 0 Å². The van der Waals surface area contributed by atoms with E-state index in [1.54, 1.807) is 24.5 Å². The molecule has 0 bridgehead atoms. The number of nitrogens with two attached hydrogens (primary N) is 2. The van der Waals surface area contributed by atoms with Gasteiger partial charge >= 0.3 is 0 Å². The molecule has 0 fully saturated rings. The number of pyridine rings is 1. The van der Waals surface area contributed by atoms with Crippen LogP contribution in [0.15, 0.2) is 30.6 Å². The Morgan fingerprint density at radius 1 is 1.47 bits per heavy atom. The van der Waals surface area contributed by atoms with Crippen LogP contribution in [0, 0.1) is 0 Å². The summed E-state index contributed by atoms with van der Waals surface area (Å²) in [4.78, 5) is 17.8. The van der Waals surface area contributed by atoms with Gasteiger partial charge in [0.05, 0.1) is 5.56 Å². The van der Waals surface area contributed by atoms with Crippen molar-refractivity contribution in [3.63, 3.8) is 0 Å². The molecule has 0 spiro atoms. The predicted octanol–water partition coefficient (Wildman–Crippen LogP) is 0.758. The first-order valence-electron chi connectivity index (χ1n) is 4.37. The lowest BCUT2D eigenvalue weighted by Gasteiger charge is -1.94. The highest BCUT2D eigenvalue weighted by Crippen LogP contribution is 2.21. The van der Waals surface area contributed by atoms with E-state index in [-0.39, 0.29) is 5.82 Å². The molecule has 2 rings (SSSR count). The molecule has 2 aromatic heterocycles. The summed E-state index contributed by atoms with van der Waals surface area (Å²) in [5, 5.41) is 0. The van der Waals surface area contributed by atoms with Crippen LogP contribution in [0.25, 0.3) is 11.3 Å². The average Bonchev–Trinajstić information content (AvgIpc) is 2.62. The van der Waals surface area contributed by atoms with Gasteiger partial charge in [0.25, 0.3) is 5.91 Å². The van der Waals surface area contributed by atoms with Gasteiger partial charge in [-0.05, 0) is 18.2 Å². The Labute approximate surface area is 86.1 Å². The number of rotatable bonds is 2. The summed E-state index contributed by atoms with van der Waals surface area (Å²) in [6.07, 6.45) is 3.35. The van der Waals surface area contributed by atoms with Crippen LogP contribution < -0.4 is 11.5 Å². The van der Waals surface area contributed by atoms with E-state index in [2.05, 4.69) is 9.97 Å². The molecule has 1 amide bonds. The number of H-pyrrole nitrogens is 1. The van der Waals surface area contributed by atoms with E-state index in [0.717, 1.165) is 11.3 Å². The highest BCUT2D eigenvalue weighted by molar-refractivity contribution is 5.98. The van der Waals surface area contributed by atoms with Gasteiger partial charge in [0.2, 0.25) is 0 Å². The van der Waals surface area contributed by atoms with Crippen molar-refractivity contribution in [1.82, 2.24) is 9.97 Å². The van der Waals surface area contributed by atoms with E-state index in [1.165, 1.54) is 0 Å². The van der Waals surface area contributed by atoms with Crippen LogP contribution >= 0.6 is 0 Å². The number of nitrogen functional groups attached to an aromatic ring is 1. The Morgan fingerprint density at radius 3 is 2.80 bits per heavy atom. The lowest BCUT2D eigenvalue weighted by molar-refractivity contribution is 0.100. The third kappa shape index (κ3) is 1.67. The number of anilines is 1. The van der Waals surface area contributed by atoms with Crippen molar-refractivity contribution in [3.8, 4) is 11.3 Å². The zero-order chi connectivity index (χ0) is 10.8. The van der Waals surface area contributed by atoms with Gasteiger partial charge in [0, 0.05) is 23.7 Å². The standard InChI is InChI=1S/C10H10N4O/c11-9-7(10(12)15)4-8(14-9)6-2-1-3-13-5-6/h1-5,14H,11H2,(H2,12,15). The quantitative estimate of drug-likeness (QED) is 0.670. The number of amides is 1. The molecule has 0 unspecified atom stereocenters. The molecule has 5 nitrogen and oxygen atoms in total. The molecular weight excluding hydrogens is 192 g/mol. The topological polar surface area (TPSA) is 97.8 Å². The van der Waals surface area contributed by atoms with E-state index in [1.807, 2.05) is 6.07 Å². The number of nitrogens with one attached hydrogen (secondary N) is 1. The second kappa shape index (κ2) is 3.45. The van der Waals surface area contributed by atoms with Crippen molar-refractivity contribution in [2.24, 2.45) is 5.73 Å². The zero-order valence-corrected chi connectivity index (χ0v) is 7.90. The number of hydrogen-bond donors (Lipinski definition) is 3. The van der Waals surface area contributed by atoms with E-state index >= 15 is 0 Å². The fraction of sp³-hybridized carbons (Fsp3) is 0. The van der Waals surface area contributed by atoms with Crippen LogP contribution in [-0.4, -0.2) is 15.9 Å². The van der Waals surface area contributed by atoms with Gasteiger partial charge < -0.3 is 16.5 Å². The molecule has 0 saturated carbocycles. The van der Waals surface area contributed by atoms with Gasteiger partial charge in [0.1, 0.15) is 5.82 Å². The number of hydrogen-bond acceptors (Lipinski definition) is 3. The monoisotopic (exact) mass is 202 g/mol. The molecule has 2 aromatic rings. The second-order valence-electron chi connectivity index (χ2n) is 3.12. The normalized spacial score (nSPS) is 10.1. The molecule has 2 heterocycles. The largest absolute Gasteiger partial charge is 0.385 e. The minimum absolute atomic E-state index is 0.279. The summed E-state index contributed by atoms with van der Waals surface area (Å²) in [7, 11) is 0. The molecular formula is C10H10N4O. The number of carbonyl (C=O) groups is 1. The van der Waals surface area contributed by atoms with Crippen molar-refractivity contribution in [2.45, 2.75) is 0 Å². The number of aromatic nitrogens is 2. The average molecular weight is 202 g/mol. The molecule has 5 N–H and O–H groups in total. The van der Waals surface area contributed by atoms with E-state index in [9.17, 15) is 4.79 Å². The predicted molar refractivity (Wildman–Crippen MR) is 57.0 cm³/mol. The number of primary amides is 1. The first-order chi connectivity index (χ1) is 7.18. The van der Waals surface area contributed by atoms with Gasteiger partial charge in [-0.2, -0.15) is 0 Å². The summed E-state index contributed by atoms with van der Waals surface area (Å²) in [6, 6.07) is 5.29. The fourth-order valence-corrected chi connectivity index (χ4v) is 1.35. The third-order valence-electron chi connectivity index (χ3n) is 2.09. The molecule has 0 aliphatic carbocycles. The van der Waals surface area contributed by atoms with Crippen LogP contribution in [0.4, 0.5) is 5.82 Å². The number of nitrogens with zero attached hydrogens (tertiary/aromatic N) is 1. The minimum atomic E-state index is -0.543. The maximum absolute atomic E-state index is 11.0. The smallest absolute Gasteiger partial charge is 0.252 e. The minimum Gasteiger partial charge on any atom is -0.385 e. The van der Waals surface area contributed by atoms with Crippen LogP contribution in [0.2, 0.25) is 0 Å². The van der Waals surface area contributed by atoms with Gasteiger partial charge in [-0.25, -0.2) is 0 Å². The van der Waals surface area contributed by atoms with Crippen molar-refractivity contribution < 1.29 is 4.79 Å². The van der Waals surface area contributed by atoms with Crippen LogP contribution in [-0.2, 0) is 0 Å². The highest BCUT2D eigenvalue weighted by atomic mass is 16.1. The Kier molecular flexibility index (Phi) is 2.13. The van der Waals surface area contributed by atoms with Crippen LogP contribution in [0.1, 0.15) is 10.4 Å². The van der Waals surface area contributed by atoms with Gasteiger partial charge in [-0.1, -0.05) is 0 Å². The zero-order valence-electron chi connectivity index (χ0n) is 7.90. The summed E-state index contributed by atoms with van der Waals surface area (Å²) in [6.45, 7) is 0. The fourth-order valence-electron chi connectivity index (χ4n) is 1.35. The van der Waals surface area contributed by atoms with E-state index < -0.39 is 5.91 Å². The molecule has 0 aliphatic heterocycles. The molecule has 0 saturated heterocycles. The maximum Gasteiger partial charge on any atom is 0.252 e. The third-order valence-corrected chi connectivity index (χ3v) is 2.09. The van der Waals surface area contributed by atoms with Crippen LogP contribution in [0.3, 0.4) is 0 Å². The molecule has 5 heteroatoms. The van der Waals surface area contributed by atoms with Crippen molar-refractivity contribution in [1.29, 1.82) is 0 Å². The Morgan fingerprint density at radius 2 is 2.27 bits per heavy atom. The molecule has 0 aliphatic rings. The first kappa shape index (κ1) is 9.26. The molecule has 76 valence electrons. The van der Waals surface area contributed by atoms with Crippen LogP contribution in [0.5, 0.6) is 0 Å². The van der Waals surface area contributed by atoms with Crippen molar-refractivity contribution in [3.05, 3.63) is 36.2 Å². The first-order valence-corrected chi connectivity index (χ1v) is 4.37. The Balaban J connectivity index is 2.48. The summed E-state index contributed by atoms with van der Waals surface area (Å²) in [5.41, 5.74) is 12.6. The number of aromatic amines is 1. The number of carbonyl (C=O) groups excluding carboxylic acids is 1. The van der Waals surface area contributed by atoms with E-state index in [0.29, 0.717) is 5.56 Å². The van der Waals surface area contributed by atoms with Crippen molar-refractivity contribution >= 4 is 11.7 Å². The summed E-state index contributed by atoms with van der Waals surface area (Å²) >= 11 is 0. The maximum atomic E-state index is 11.0. The second-order valence-corrected chi connectivity index (χ2v) is 3.12. The molecule has 0 aromatic carbocycles. The molecule has 0 radical (unpaired) electrons. The lowest BCUT2D eigenvalue weighted by atomic mass is 10.2. The highest BCUT2D eigenvalue weighted by Gasteiger charge is 2.10. The summed E-state index contributed by atoms with van der Waals surface area (Å²) < 4.78 is 0. The Hall–Kier alpha value is -2.30. The summed E-state index contributed by atoms with van der Waals surface area (Å²) in [5.74, 6) is -0.264. The van der Waals surface area contributed by atoms with Gasteiger partial charge in [0.15, 0.2) is 0 Å².